The Morgan fingerprint density at radius 3 is 2.64 bits per heavy atom. The Hall–Kier alpha value is -1.59. The van der Waals surface area contributed by atoms with E-state index >= 15 is 0 Å². The minimum absolute atomic E-state index is 0. The number of benzene rings is 1. The van der Waals surface area contributed by atoms with Gasteiger partial charge in [0.15, 0.2) is 0 Å². The van der Waals surface area contributed by atoms with Gasteiger partial charge in [0.2, 0.25) is 11.8 Å². The van der Waals surface area contributed by atoms with Crippen molar-refractivity contribution in [2.75, 3.05) is 19.6 Å². The zero-order valence-electron chi connectivity index (χ0n) is 14.4. The summed E-state index contributed by atoms with van der Waals surface area (Å²) < 4.78 is 0. The first-order chi connectivity index (χ1) is 11.7. The standard InChI is InChI=1S/C19H25N3O2.ClH/c23-18-10-15(12-22(18)11-14-4-2-1-3-5-14)19(24)21-9-8-16-6-7-17(13-21)20-16;/h1-5,15-17,20H,6-13H2;1H. The van der Waals surface area contributed by atoms with Crippen LogP contribution >= 0.6 is 12.4 Å². The van der Waals surface area contributed by atoms with Crippen LogP contribution < -0.4 is 5.32 Å². The predicted molar refractivity (Wildman–Crippen MR) is 98.4 cm³/mol. The fraction of sp³-hybridized carbons (Fsp3) is 0.579. The Bertz CT molecular complexity index is 624. The number of fused-ring (bicyclic) bond motifs is 2. The van der Waals surface area contributed by atoms with Crippen LogP contribution in [0, 0.1) is 5.92 Å². The van der Waals surface area contributed by atoms with Crippen LogP contribution in [0.1, 0.15) is 31.2 Å². The van der Waals surface area contributed by atoms with Crippen molar-refractivity contribution >= 4 is 24.2 Å². The molecule has 3 heterocycles. The largest absolute Gasteiger partial charge is 0.341 e. The molecule has 3 saturated heterocycles. The molecule has 3 aliphatic heterocycles. The van der Waals surface area contributed by atoms with Crippen molar-refractivity contribution in [3.63, 3.8) is 0 Å². The highest BCUT2D eigenvalue weighted by molar-refractivity contribution is 5.89. The molecule has 5 nitrogen and oxygen atoms in total. The quantitative estimate of drug-likeness (QED) is 0.891. The molecule has 3 atom stereocenters. The van der Waals surface area contributed by atoms with Gasteiger partial charge in [0.05, 0.1) is 5.92 Å². The van der Waals surface area contributed by atoms with Crippen molar-refractivity contribution in [2.24, 2.45) is 5.92 Å². The number of halogens is 1. The molecule has 0 spiro atoms. The third-order valence-electron chi connectivity index (χ3n) is 5.61. The van der Waals surface area contributed by atoms with Crippen LogP contribution in [0.25, 0.3) is 0 Å². The molecule has 6 heteroatoms. The summed E-state index contributed by atoms with van der Waals surface area (Å²) in [4.78, 5) is 29.0. The molecular formula is C19H26ClN3O2. The van der Waals surface area contributed by atoms with Gasteiger partial charge in [-0.1, -0.05) is 30.3 Å². The number of carbonyl (C=O) groups excluding carboxylic acids is 2. The maximum Gasteiger partial charge on any atom is 0.228 e. The normalized spacial score (nSPS) is 28.6. The number of hydrogen-bond donors (Lipinski definition) is 1. The third-order valence-corrected chi connectivity index (χ3v) is 5.61. The van der Waals surface area contributed by atoms with Gasteiger partial charge in [0.1, 0.15) is 0 Å². The van der Waals surface area contributed by atoms with Crippen LogP contribution in [-0.4, -0.2) is 53.3 Å². The van der Waals surface area contributed by atoms with Gasteiger partial charge in [0, 0.05) is 44.7 Å². The summed E-state index contributed by atoms with van der Waals surface area (Å²) in [5.74, 6) is 0.109. The number of nitrogens with one attached hydrogen (secondary N) is 1. The summed E-state index contributed by atoms with van der Waals surface area (Å²) in [6.07, 6.45) is 3.80. The van der Waals surface area contributed by atoms with Gasteiger partial charge in [-0.25, -0.2) is 0 Å². The Labute approximate surface area is 155 Å². The van der Waals surface area contributed by atoms with E-state index in [0.717, 1.165) is 31.5 Å². The molecule has 2 amide bonds. The van der Waals surface area contributed by atoms with Gasteiger partial charge in [-0.15, -0.1) is 12.4 Å². The predicted octanol–water partition coefficient (Wildman–Crippen LogP) is 1.81. The molecule has 1 N–H and O–H groups in total. The second-order valence-electron chi connectivity index (χ2n) is 7.37. The van der Waals surface area contributed by atoms with Crippen molar-refractivity contribution < 1.29 is 9.59 Å². The van der Waals surface area contributed by atoms with E-state index in [-0.39, 0.29) is 30.1 Å². The zero-order valence-corrected chi connectivity index (χ0v) is 15.2. The highest BCUT2D eigenvalue weighted by Crippen LogP contribution is 2.25. The van der Waals surface area contributed by atoms with Crippen molar-refractivity contribution in [1.82, 2.24) is 15.1 Å². The second-order valence-corrected chi connectivity index (χ2v) is 7.37. The molecule has 3 unspecified atom stereocenters. The first-order valence-electron chi connectivity index (χ1n) is 9.05. The van der Waals surface area contributed by atoms with Crippen LogP contribution in [0.4, 0.5) is 0 Å². The Morgan fingerprint density at radius 2 is 1.84 bits per heavy atom. The number of nitrogens with zero attached hydrogens (tertiary/aromatic N) is 2. The molecule has 0 saturated carbocycles. The highest BCUT2D eigenvalue weighted by atomic mass is 35.5. The zero-order chi connectivity index (χ0) is 16.5. The second kappa shape index (κ2) is 7.75. The average Bonchev–Trinajstić information content (AvgIpc) is 3.10. The molecule has 25 heavy (non-hydrogen) atoms. The van der Waals surface area contributed by atoms with Crippen molar-refractivity contribution in [1.29, 1.82) is 0 Å². The lowest BCUT2D eigenvalue weighted by molar-refractivity contribution is -0.136. The minimum atomic E-state index is -0.169. The Morgan fingerprint density at radius 1 is 1.08 bits per heavy atom. The molecule has 2 bridgehead atoms. The molecule has 4 rings (SSSR count). The van der Waals surface area contributed by atoms with E-state index in [1.807, 2.05) is 40.1 Å². The SMILES string of the molecule is Cl.O=C1CC(C(=O)N2CCC3CCC(C2)N3)CN1Cc1ccccc1. The Kier molecular flexibility index (Phi) is 5.64. The average molecular weight is 364 g/mol. The van der Waals surface area contributed by atoms with Gasteiger partial charge in [-0.05, 0) is 24.8 Å². The summed E-state index contributed by atoms with van der Waals surface area (Å²) >= 11 is 0. The molecule has 3 fully saturated rings. The van der Waals surface area contributed by atoms with Gasteiger partial charge in [-0.2, -0.15) is 0 Å². The lowest BCUT2D eigenvalue weighted by atomic mass is 10.0. The van der Waals surface area contributed by atoms with Crippen molar-refractivity contribution in [2.45, 2.75) is 44.3 Å². The lowest BCUT2D eigenvalue weighted by Crippen LogP contribution is -2.42. The molecule has 0 radical (unpaired) electrons. The fourth-order valence-electron chi connectivity index (χ4n) is 4.30. The van der Waals surface area contributed by atoms with E-state index < -0.39 is 0 Å². The maximum atomic E-state index is 12.9. The smallest absolute Gasteiger partial charge is 0.228 e. The third kappa shape index (κ3) is 3.98. The molecule has 136 valence electrons. The van der Waals surface area contributed by atoms with E-state index in [9.17, 15) is 9.59 Å². The molecule has 1 aromatic rings. The summed E-state index contributed by atoms with van der Waals surface area (Å²) in [5, 5.41) is 3.61. The van der Waals surface area contributed by atoms with E-state index in [1.165, 1.54) is 6.42 Å². The Balaban J connectivity index is 0.00000182. The fourth-order valence-corrected chi connectivity index (χ4v) is 4.30. The summed E-state index contributed by atoms with van der Waals surface area (Å²) in [6.45, 7) is 2.80. The van der Waals surface area contributed by atoms with Crippen LogP contribution in [-0.2, 0) is 16.1 Å². The van der Waals surface area contributed by atoms with Gasteiger partial charge >= 0.3 is 0 Å². The minimum Gasteiger partial charge on any atom is -0.341 e. The summed E-state index contributed by atoms with van der Waals surface area (Å²) in [7, 11) is 0. The molecule has 3 aliphatic rings. The number of likely N-dealkylation sites (tertiary alicyclic amines) is 2. The lowest BCUT2D eigenvalue weighted by Gasteiger charge is -2.27. The summed E-state index contributed by atoms with van der Waals surface area (Å²) in [5.41, 5.74) is 1.12. The molecule has 1 aromatic carbocycles. The molecule has 0 aliphatic carbocycles. The highest BCUT2D eigenvalue weighted by Gasteiger charge is 2.38. The van der Waals surface area contributed by atoms with E-state index in [1.54, 1.807) is 0 Å². The van der Waals surface area contributed by atoms with Gasteiger partial charge in [0.25, 0.3) is 0 Å². The monoisotopic (exact) mass is 363 g/mol. The maximum absolute atomic E-state index is 12.9. The van der Waals surface area contributed by atoms with Crippen LogP contribution in [0.15, 0.2) is 30.3 Å². The van der Waals surface area contributed by atoms with E-state index in [0.29, 0.717) is 31.6 Å². The van der Waals surface area contributed by atoms with Gasteiger partial charge in [-0.3, -0.25) is 9.59 Å². The van der Waals surface area contributed by atoms with Crippen molar-refractivity contribution in [3.05, 3.63) is 35.9 Å². The van der Waals surface area contributed by atoms with Crippen LogP contribution in [0.2, 0.25) is 0 Å². The van der Waals surface area contributed by atoms with E-state index in [4.69, 9.17) is 0 Å². The van der Waals surface area contributed by atoms with Crippen molar-refractivity contribution in [3.8, 4) is 0 Å². The number of amides is 2. The molecular weight excluding hydrogens is 338 g/mol. The van der Waals surface area contributed by atoms with Crippen LogP contribution in [0.3, 0.4) is 0 Å². The summed E-state index contributed by atoms with van der Waals surface area (Å²) in [6, 6.07) is 11.0. The van der Waals surface area contributed by atoms with E-state index in [2.05, 4.69) is 5.32 Å². The van der Waals surface area contributed by atoms with Crippen LogP contribution in [0.5, 0.6) is 0 Å². The number of hydrogen-bond acceptors (Lipinski definition) is 3. The molecule has 0 aromatic heterocycles. The first kappa shape index (κ1) is 18.2. The number of carbonyl (C=O) groups is 2. The van der Waals surface area contributed by atoms with Gasteiger partial charge < -0.3 is 15.1 Å². The first-order valence-corrected chi connectivity index (χ1v) is 9.05. The topological polar surface area (TPSA) is 52.7 Å². The number of rotatable bonds is 3.